The molecule has 1 aromatic carbocycles. The lowest BCUT2D eigenvalue weighted by molar-refractivity contribution is -0.137. The maximum Gasteiger partial charge on any atom is 0.417 e. The molecule has 0 fully saturated rings. The number of alkyl halides is 3. The predicted molar refractivity (Wildman–Crippen MR) is 69.9 cm³/mol. The number of benzene rings is 1. The average molecular weight is 303 g/mol. The van der Waals surface area contributed by atoms with Gasteiger partial charge in [-0.05, 0) is 24.6 Å². The fraction of sp³-hybridized carbons (Fsp3) is 0.154. The van der Waals surface area contributed by atoms with Crippen LogP contribution in [0.1, 0.15) is 11.1 Å². The van der Waals surface area contributed by atoms with E-state index in [0.29, 0.717) is 17.6 Å². The van der Waals surface area contributed by atoms with E-state index in [-0.39, 0.29) is 10.9 Å². The highest BCUT2D eigenvalue weighted by atomic mass is 35.5. The Balaban J connectivity index is 2.33. The summed E-state index contributed by atoms with van der Waals surface area (Å²) < 4.78 is 42.8. The SMILES string of the molecule is Cc1cccc(Oc2ncc(C(F)(F)F)cc2Cl)c1N. The number of pyridine rings is 1. The van der Waals surface area contributed by atoms with E-state index in [9.17, 15) is 13.2 Å². The molecule has 0 amide bonds. The Morgan fingerprint density at radius 3 is 2.60 bits per heavy atom. The predicted octanol–water partition coefficient (Wildman–Crippen LogP) is 4.44. The van der Waals surface area contributed by atoms with Crippen LogP contribution in [0.3, 0.4) is 0 Å². The van der Waals surface area contributed by atoms with Crippen molar-refractivity contribution >= 4 is 17.3 Å². The highest BCUT2D eigenvalue weighted by molar-refractivity contribution is 6.31. The van der Waals surface area contributed by atoms with Crippen LogP contribution in [-0.4, -0.2) is 4.98 Å². The van der Waals surface area contributed by atoms with Gasteiger partial charge < -0.3 is 10.5 Å². The second-order valence-electron chi connectivity index (χ2n) is 4.10. The van der Waals surface area contributed by atoms with Crippen molar-refractivity contribution in [2.45, 2.75) is 13.1 Å². The zero-order valence-electron chi connectivity index (χ0n) is 10.3. The summed E-state index contributed by atoms with van der Waals surface area (Å²) in [5.74, 6) is 0.163. The second-order valence-corrected chi connectivity index (χ2v) is 4.50. The summed E-state index contributed by atoms with van der Waals surface area (Å²) in [6.07, 6.45) is -3.84. The molecule has 0 saturated heterocycles. The molecular weight excluding hydrogens is 293 g/mol. The molecule has 1 aromatic heterocycles. The van der Waals surface area contributed by atoms with E-state index >= 15 is 0 Å². The van der Waals surface area contributed by atoms with Crippen LogP contribution in [0.25, 0.3) is 0 Å². The van der Waals surface area contributed by atoms with Crippen LogP contribution in [0.15, 0.2) is 30.5 Å². The van der Waals surface area contributed by atoms with Gasteiger partial charge in [0.15, 0.2) is 5.75 Å². The molecule has 0 aliphatic carbocycles. The number of halogens is 4. The molecule has 3 nitrogen and oxygen atoms in total. The lowest BCUT2D eigenvalue weighted by Gasteiger charge is -2.12. The second kappa shape index (κ2) is 5.20. The number of ether oxygens (including phenoxy) is 1. The molecule has 0 radical (unpaired) electrons. The van der Waals surface area contributed by atoms with Gasteiger partial charge in [0.1, 0.15) is 5.02 Å². The summed E-state index contributed by atoms with van der Waals surface area (Å²) >= 11 is 5.75. The minimum Gasteiger partial charge on any atom is -0.435 e. The van der Waals surface area contributed by atoms with Crippen molar-refractivity contribution in [1.29, 1.82) is 0 Å². The van der Waals surface area contributed by atoms with Crippen LogP contribution >= 0.6 is 11.6 Å². The van der Waals surface area contributed by atoms with E-state index < -0.39 is 11.7 Å². The van der Waals surface area contributed by atoms with Gasteiger partial charge in [-0.25, -0.2) is 4.98 Å². The molecule has 0 unspecified atom stereocenters. The van der Waals surface area contributed by atoms with Gasteiger partial charge in [-0.15, -0.1) is 0 Å². The number of anilines is 1. The fourth-order valence-electron chi connectivity index (χ4n) is 1.50. The Morgan fingerprint density at radius 2 is 2.00 bits per heavy atom. The van der Waals surface area contributed by atoms with Crippen molar-refractivity contribution < 1.29 is 17.9 Å². The number of nitrogens with two attached hydrogens (primary N) is 1. The molecule has 2 N–H and O–H groups in total. The third-order valence-corrected chi connectivity index (χ3v) is 2.90. The van der Waals surface area contributed by atoms with Gasteiger partial charge in [0.2, 0.25) is 5.88 Å². The third kappa shape index (κ3) is 2.96. The molecule has 2 rings (SSSR count). The number of para-hydroxylation sites is 1. The first-order valence-corrected chi connectivity index (χ1v) is 5.92. The molecule has 0 atom stereocenters. The molecule has 1 heterocycles. The van der Waals surface area contributed by atoms with E-state index in [1.807, 2.05) is 0 Å². The Hall–Kier alpha value is -1.95. The van der Waals surface area contributed by atoms with E-state index in [1.54, 1.807) is 25.1 Å². The molecule has 2 aromatic rings. The summed E-state index contributed by atoms with van der Waals surface area (Å²) in [5, 5.41) is -0.235. The van der Waals surface area contributed by atoms with Crippen LogP contribution in [-0.2, 0) is 6.18 Å². The van der Waals surface area contributed by atoms with Crippen LogP contribution < -0.4 is 10.5 Å². The largest absolute Gasteiger partial charge is 0.435 e. The summed E-state index contributed by atoms with van der Waals surface area (Å²) in [5.41, 5.74) is 6.03. The fourth-order valence-corrected chi connectivity index (χ4v) is 1.71. The monoisotopic (exact) mass is 302 g/mol. The van der Waals surface area contributed by atoms with E-state index in [2.05, 4.69) is 4.98 Å². The summed E-state index contributed by atoms with van der Waals surface area (Å²) in [4.78, 5) is 3.58. The molecular formula is C13H10ClF3N2O. The van der Waals surface area contributed by atoms with Crippen molar-refractivity contribution in [3.05, 3.63) is 46.6 Å². The van der Waals surface area contributed by atoms with Gasteiger partial charge in [0, 0.05) is 6.20 Å². The highest BCUT2D eigenvalue weighted by Crippen LogP contribution is 2.36. The minimum absolute atomic E-state index is 0.128. The number of hydrogen-bond donors (Lipinski definition) is 1. The van der Waals surface area contributed by atoms with Crippen LogP contribution in [0, 0.1) is 6.92 Å². The number of hydrogen-bond acceptors (Lipinski definition) is 3. The summed E-state index contributed by atoms with van der Waals surface area (Å²) in [6, 6.07) is 5.83. The number of aromatic nitrogens is 1. The zero-order valence-corrected chi connectivity index (χ0v) is 11.1. The van der Waals surface area contributed by atoms with E-state index in [4.69, 9.17) is 22.1 Å². The van der Waals surface area contributed by atoms with E-state index in [1.165, 1.54) is 0 Å². The van der Waals surface area contributed by atoms with Gasteiger partial charge in [-0.2, -0.15) is 13.2 Å². The van der Waals surface area contributed by atoms with Crippen molar-refractivity contribution in [1.82, 2.24) is 4.98 Å². The van der Waals surface area contributed by atoms with E-state index in [0.717, 1.165) is 11.6 Å². The zero-order chi connectivity index (χ0) is 14.9. The van der Waals surface area contributed by atoms with Crippen LogP contribution in [0.2, 0.25) is 5.02 Å². The maximum absolute atomic E-state index is 12.5. The smallest absolute Gasteiger partial charge is 0.417 e. The van der Waals surface area contributed by atoms with Crippen LogP contribution in [0.4, 0.5) is 18.9 Å². The summed E-state index contributed by atoms with van der Waals surface area (Å²) in [6.45, 7) is 1.78. The number of rotatable bonds is 2. The Morgan fingerprint density at radius 1 is 1.30 bits per heavy atom. The van der Waals surface area contributed by atoms with Gasteiger partial charge in [-0.3, -0.25) is 0 Å². The van der Waals surface area contributed by atoms with Gasteiger partial charge in [0.25, 0.3) is 0 Å². The Labute approximate surface area is 118 Å². The summed E-state index contributed by atoms with van der Waals surface area (Å²) in [7, 11) is 0. The van der Waals surface area contributed by atoms with Crippen molar-refractivity contribution in [2.75, 3.05) is 5.73 Å². The minimum atomic E-state index is -4.50. The number of nitrogen functional groups attached to an aromatic ring is 1. The quantitative estimate of drug-likeness (QED) is 0.834. The molecule has 0 aliphatic rings. The standard InChI is InChI=1S/C13H10ClF3N2O/c1-7-3-2-4-10(11(7)18)20-12-9(14)5-8(6-19-12)13(15,16)17/h2-6H,18H2,1H3. The maximum atomic E-state index is 12.5. The van der Waals surface area contributed by atoms with Crippen molar-refractivity contribution in [2.24, 2.45) is 0 Å². The molecule has 20 heavy (non-hydrogen) atoms. The molecule has 7 heteroatoms. The molecule has 0 saturated carbocycles. The lowest BCUT2D eigenvalue weighted by Crippen LogP contribution is -2.06. The Bertz CT molecular complexity index is 644. The lowest BCUT2D eigenvalue weighted by atomic mass is 10.2. The normalized spacial score (nSPS) is 11.4. The number of aryl methyl sites for hydroxylation is 1. The van der Waals surface area contributed by atoms with Crippen LogP contribution in [0.5, 0.6) is 11.6 Å². The molecule has 0 aliphatic heterocycles. The molecule has 0 spiro atoms. The Kier molecular flexibility index (Phi) is 3.76. The van der Waals surface area contributed by atoms with Crippen molar-refractivity contribution in [3.63, 3.8) is 0 Å². The van der Waals surface area contributed by atoms with Gasteiger partial charge >= 0.3 is 6.18 Å². The van der Waals surface area contributed by atoms with Crippen molar-refractivity contribution in [3.8, 4) is 11.6 Å². The number of nitrogens with zero attached hydrogens (tertiary/aromatic N) is 1. The van der Waals surface area contributed by atoms with Gasteiger partial charge in [-0.1, -0.05) is 23.7 Å². The molecule has 0 bridgehead atoms. The first-order valence-electron chi connectivity index (χ1n) is 5.54. The third-order valence-electron chi connectivity index (χ3n) is 2.63. The first kappa shape index (κ1) is 14.5. The highest BCUT2D eigenvalue weighted by Gasteiger charge is 2.31. The first-order chi connectivity index (χ1) is 9.29. The topological polar surface area (TPSA) is 48.1 Å². The molecule has 106 valence electrons. The van der Waals surface area contributed by atoms with Gasteiger partial charge in [0.05, 0.1) is 11.3 Å². The average Bonchev–Trinajstić information content (AvgIpc) is 2.36.